The lowest BCUT2D eigenvalue weighted by atomic mass is 10.3. The Kier molecular flexibility index (Phi) is 3.20. The Morgan fingerprint density at radius 3 is 3.00 bits per heavy atom. The van der Waals surface area contributed by atoms with Gasteiger partial charge in [-0.1, -0.05) is 0 Å². The molecule has 1 amide bonds. The van der Waals surface area contributed by atoms with Crippen molar-refractivity contribution in [1.82, 2.24) is 19.7 Å². The maximum atomic E-state index is 12.3. The number of aromatic nitrogens is 3. The second-order valence-electron chi connectivity index (χ2n) is 4.68. The lowest BCUT2D eigenvalue weighted by Crippen LogP contribution is -2.35. The average molecular weight is 277 g/mol. The Morgan fingerprint density at radius 1 is 1.58 bits per heavy atom. The van der Waals surface area contributed by atoms with Crippen LogP contribution in [0, 0.1) is 0 Å². The molecule has 1 saturated carbocycles. The summed E-state index contributed by atoms with van der Waals surface area (Å²) in [6.45, 7) is 0.877. The van der Waals surface area contributed by atoms with E-state index in [1.165, 1.54) is 16.6 Å². The number of anilines is 1. The fraction of sp³-hybridized carbons (Fsp3) is 0.417. The minimum Gasteiger partial charge on any atom is -0.367 e. The monoisotopic (exact) mass is 277 g/mol. The molecule has 2 N–H and O–H groups in total. The molecule has 2 heterocycles. The first kappa shape index (κ1) is 12.2. The molecule has 100 valence electrons. The molecule has 1 fully saturated rings. The summed E-state index contributed by atoms with van der Waals surface area (Å²) in [6.07, 6.45) is 3.67. The zero-order valence-electron chi connectivity index (χ0n) is 10.4. The molecule has 0 aromatic carbocycles. The fourth-order valence-corrected chi connectivity index (χ4v) is 2.66. The van der Waals surface area contributed by atoms with Gasteiger partial charge < -0.3 is 10.6 Å². The van der Waals surface area contributed by atoms with Crippen LogP contribution in [-0.4, -0.2) is 31.6 Å². The molecule has 2 aromatic heterocycles. The van der Waals surface area contributed by atoms with Crippen LogP contribution in [0.1, 0.15) is 18.4 Å². The largest absolute Gasteiger partial charge is 0.367 e. The minimum atomic E-state index is 0.0681. The average Bonchev–Trinajstić information content (AvgIpc) is 2.93. The summed E-state index contributed by atoms with van der Waals surface area (Å²) in [7, 11) is 0. The number of hydrogen-bond acceptors (Lipinski definition) is 5. The van der Waals surface area contributed by atoms with Crippen molar-refractivity contribution in [2.75, 3.05) is 5.73 Å². The van der Waals surface area contributed by atoms with Gasteiger partial charge >= 0.3 is 0 Å². The zero-order valence-corrected chi connectivity index (χ0v) is 11.2. The highest BCUT2D eigenvalue weighted by atomic mass is 32.1. The van der Waals surface area contributed by atoms with Crippen LogP contribution in [0.5, 0.6) is 0 Å². The van der Waals surface area contributed by atoms with Gasteiger partial charge in [-0.2, -0.15) is 11.3 Å². The standard InChI is InChI=1S/C12H15N5OS/c13-12-14-8-16(15-12)6-11(18)17(10-1-2-10)5-9-3-4-19-7-9/h3-4,7-8,10H,1-2,5-6H2,(H2,13,15). The van der Waals surface area contributed by atoms with E-state index in [0.29, 0.717) is 12.6 Å². The van der Waals surface area contributed by atoms with Crippen LogP contribution in [-0.2, 0) is 17.9 Å². The van der Waals surface area contributed by atoms with Crippen LogP contribution in [0.15, 0.2) is 23.2 Å². The molecule has 0 saturated heterocycles. The summed E-state index contributed by atoms with van der Waals surface area (Å²) in [5.41, 5.74) is 6.63. The van der Waals surface area contributed by atoms with Crippen molar-refractivity contribution < 1.29 is 4.79 Å². The van der Waals surface area contributed by atoms with E-state index >= 15 is 0 Å². The second kappa shape index (κ2) is 5.00. The molecule has 0 spiro atoms. The summed E-state index contributed by atoms with van der Waals surface area (Å²) >= 11 is 1.65. The molecule has 6 nitrogen and oxygen atoms in total. The van der Waals surface area contributed by atoms with Gasteiger partial charge in [0.1, 0.15) is 12.9 Å². The smallest absolute Gasteiger partial charge is 0.244 e. The lowest BCUT2D eigenvalue weighted by Gasteiger charge is -2.21. The van der Waals surface area contributed by atoms with Crippen LogP contribution < -0.4 is 5.73 Å². The molecule has 1 aliphatic carbocycles. The number of carbonyl (C=O) groups excluding carboxylic acids is 1. The number of nitrogens with two attached hydrogens (primary N) is 1. The number of thiophene rings is 1. The predicted molar refractivity (Wildman–Crippen MR) is 72.3 cm³/mol. The Bertz CT molecular complexity index is 560. The van der Waals surface area contributed by atoms with Crippen LogP contribution >= 0.6 is 11.3 Å². The third-order valence-electron chi connectivity index (χ3n) is 3.09. The molecule has 0 aliphatic heterocycles. The van der Waals surface area contributed by atoms with Crippen molar-refractivity contribution in [2.45, 2.75) is 32.0 Å². The third kappa shape index (κ3) is 2.93. The molecule has 7 heteroatoms. The number of amides is 1. The fourth-order valence-electron chi connectivity index (χ4n) is 2.00. The SMILES string of the molecule is Nc1ncn(CC(=O)N(Cc2ccsc2)C2CC2)n1. The Morgan fingerprint density at radius 2 is 2.42 bits per heavy atom. The summed E-state index contributed by atoms with van der Waals surface area (Å²) in [6, 6.07) is 2.44. The topological polar surface area (TPSA) is 77.0 Å². The molecule has 19 heavy (non-hydrogen) atoms. The summed E-state index contributed by atoms with van der Waals surface area (Å²) in [5.74, 6) is 0.266. The molecule has 1 aliphatic rings. The van der Waals surface area contributed by atoms with E-state index in [2.05, 4.69) is 21.5 Å². The van der Waals surface area contributed by atoms with Gasteiger partial charge in [0.25, 0.3) is 0 Å². The lowest BCUT2D eigenvalue weighted by molar-refractivity contribution is -0.133. The van der Waals surface area contributed by atoms with E-state index in [1.54, 1.807) is 11.3 Å². The summed E-state index contributed by atoms with van der Waals surface area (Å²) in [5, 5.41) is 8.06. The molecule has 3 rings (SSSR count). The van der Waals surface area contributed by atoms with Gasteiger partial charge in [-0.25, -0.2) is 9.67 Å². The minimum absolute atomic E-state index is 0.0681. The normalized spacial score (nSPS) is 14.5. The molecule has 2 aromatic rings. The van der Waals surface area contributed by atoms with Gasteiger partial charge in [0, 0.05) is 12.6 Å². The van der Waals surface area contributed by atoms with Gasteiger partial charge in [-0.15, -0.1) is 5.10 Å². The van der Waals surface area contributed by atoms with E-state index in [-0.39, 0.29) is 18.4 Å². The van der Waals surface area contributed by atoms with Gasteiger partial charge in [-0.3, -0.25) is 4.79 Å². The Balaban J connectivity index is 1.67. The van der Waals surface area contributed by atoms with Crippen LogP contribution in [0.3, 0.4) is 0 Å². The number of hydrogen-bond donors (Lipinski definition) is 1. The van der Waals surface area contributed by atoms with Gasteiger partial charge in [0.05, 0.1) is 0 Å². The number of rotatable bonds is 5. The molecular weight excluding hydrogens is 262 g/mol. The van der Waals surface area contributed by atoms with E-state index in [1.807, 2.05) is 10.3 Å². The van der Waals surface area contributed by atoms with Crippen molar-refractivity contribution in [1.29, 1.82) is 0 Å². The highest BCUT2D eigenvalue weighted by Crippen LogP contribution is 2.29. The Labute approximate surface area is 114 Å². The van der Waals surface area contributed by atoms with E-state index in [0.717, 1.165) is 12.8 Å². The molecule has 0 radical (unpaired) electrons. The van der Waals surface area contributed by atoms with E-state index in [4.69, 9.17) is 5.73 Å². The third-order valence-corrected chi connectivity index (χ3v) is 3.82. The van der Waals surface area contributed by atoms with Gasteiger partial charge in [0.15, 0.2) is 0 Å². The molecule has 0 bridgehead atoms. The van der Waals surface area contributed by atoms with Crippen molar-refractivity contribution in [3.8, 4) is 0 Å². The first-order valence-electron chi connectivity index (χ1n) is 6.18. The highest BCUT2D eigenvalue weighted by Gasteiger charge is 2.32. The van der Waals surface area contributed by atoms with Crippen LogP contribution in [0.25, 0.3) is 0 Å². The van der Waals surface area contributed by atoms with Crippen LogP contribution in [0.2, 0.25) is 0 Å². The molecule has 0 atom stereocenters. The van der Waals surface area contributed by atoms with Crippen molar-refractivity contribution in [2.24, 2.45) is 0 Å². The molecule has 0 unspecified atom stereocenters. The molecular formula is C12H15N5OS. The van der Waals surface area contributed by atoms with Crippen molar-refractivity contribution >= 4 is 23.2 Å². The number of nitrogens with zero attached hydrogens (tertiary/aromatic N) is 4. The van der Waals surface area contributed by atoms with Crippen molar-refractivity contribution in [3.63, 3.8) is 0 Å². The maximum absolute atomic E-state index is 12.3. The highest BCUT2D eigenvalue weighted by molar-refractivity contribution is 7.07. The van der Waals surface area contributed by atoms with E-state index < -0.39 is 0 Å². The van der Waals surface area contributed by atoms with Gasteiger partial charge in [-0.05, 0) is 35.2 Å². The van der Waals surface area contributed by atoms with E-state index in [9.17, 15) is 4.79 Å². The summed E-state index contributed by atoms with van der Waals surface area (Å²) < 4.78 is 1.49. The number of carbonyl (C=O) groups is 1. The second-order valence-corrected chi connectivity index (χ2v) is 5.46. The maximum Gasteiger partial charge on any atom is 0.244 e. The zero-order chi connectivity index (χ0) is 13.2. The summed E-state index contributed by atoms with van der Waals surface area (Å²) in [4.78, 5) is 18.1. The number of nitrogen functional groups attached to an aromatic ring is 1. The van der Waals surface area contributed by atoms with Crippen LogP contribution in [0.4, 0.5) is 5.95 Å². The Hall–Kier alpha value is -1.89. The first-order valence-corrected chi connectivity index (χ1v) is 7.12. The van der Waals surface area contributed by atoms with Crippen molar-refractivity contribution in [3.05, 3.63) is 28.7 Å². The predicted octanol–water partition coefficient (Wildman–Crippen LogP) is 1.11. The van der Waals surface area contributed by atoms with Gasteiger partial charge in [0.2, 0.25) is 11.9 Å². The quantitative estimate of drug-likeness (QED) is 0.888. The first-order chi connectivity index (χ1) is 9.22.